The molecule has 1 saturated carbocycles. The van der Waals surface area contributed by atoms with Gasteiger partial charge in [0.15, 0.2) is 11.6 Å². The summed E-state index contributed by atoms with van der Waals surface area (Å²) in [6, 6.07) is 3.34. The number of nitrogens with one attached hydrogen (secondary N) is 1. The molecule has 0 spiro atoms. The first kappa shape index (κ1) is 9.84. The highest BCUT2D eigenvalue weighted by Gasteiger charge is 2.26. The van der Waals surface area contributed by atoms with E-state index < -0.39 is 0 Å². The Morgan fingerprint density at radius 2 is 2.31 bits per heavy atom. The van der Waals surface area contributed by atoms with Crippen molar-refractivity contribution in [2.24, 2.45) is 0 Å². The van der Waals surface area contributed by atoms with Crippen molar-refractivity contribution in [3.05, 3.63) is 38.9 Å². The predicted molar refractivity (Wildman–Crippen MR) is 62.2 cm³/mol. The molecule has 0 unspecified atom stereocenters. The first-order valence-corrected chi connectivity index (χ1v) is 5.88. The molecule has 0 aliphatic heterocycles. The fourth-order valence-electron chi connectivity index (χ4n) is 1.63. The van der Waals surface area contributed by atoms with Crippen molar-refractivity contribution in [3.8, 4) is 11.6 Å². The molecule has 1 fully saturated rings. The van der Waals surface area contributed by atoms with Gasteiger partial charge in [0.25, 0.3) is 5.56 Å². The van der Waals surface area contributed by atoms with Gasteiger partial charge in [-0.05, 0) is 34.8 Å². The van der Waals surface area contributed by atoms with Crippen LogP contribution in [0.4, 0.5) is 0 Å². The minimum Gasteiger partial charge on any atom is -0.460 e. The van der Waals surface area contributed by atoms with Crippen molar-refractivity contribution in [2.75, 3.05) is 0 Å². The van der Waals surface area contributed by atoms with Gasteiger partial charge >= 0.3 is 0 Å². The van der Waals surface area contributed by atoms with Crippen LogP contribution in [-0.4, -0.2) is 9.97 Å². The van der Waals surface area contributed by atoms with E-state index in [1.807, 2.05) is 0 Å². The Kier molecular flexibility index (Phi) is 2.21. The first-order chi connectivity index (χ1) is 7.74. The number of rotatable bonds is 2. The smallest absolute Gasteiger partial charge is 0.251 e. The normalized spacial score (nSPS) is 15.3. The summed E-state index contributed by atoms with van der Waals surface area (Å²) in [6.07, 6.45) is 3.80. The van der Waals surface area contributed by atoms with Crippen LogP contribution >= 0.6 is 15.9 Å². The molecule has 82 valence electrons. The van der Waals surface area contributed by atoms with Gasteiger partial charge in [0.05, 0.1) is 16.4 Å². The highest BCUT2D eigenvalue weighted by molar-refractivity contribution is 9.10. The molecule has 0 saturated heterocycles. The van der Waals surface area contributed by atoms with E-state index >= 15 is 0 Å². The zero-order valence-electron chi connectivity index (χ0n) is 8.37. The number of H-pyrrole nitrogens is 1. The van der Waals surface area contributed by atoms with Gasteiger partial charge in [0.2, 0.25) is 0 Å². The van der Waals surface area contributed by atoms with E-state index in [0.717, 1.165) is 23.0 Å². The van der Waals surface area contributed by atoms with Crippen LogP contribution < -0.4 is 5.56 Å². The Balaban J connectivity index is 2.13. The van der Waals surface area contributed by atoms with Crippen molar-refractivity contribution >= 4 is 15.9 Å². The van der Waals surface area contributed by atoms with E-state index in [1.54, 1.807) is 18.4 Å². The summed E-state index contributed by atoms with van der Waals surface area (Å²) in [5.74, 6) is 1.51. The third-order valence-corrected chi connectivity index (χ3v) is 3.21. The summed E-state index contributed by atoms with van der Waals surface area (Å²) in [5, 5.41) is 0. The predicted octanol–water partition coefficient (Wildman–Crippen LogP) is 2.67. The van der Waals surface area contributed by atoms with Gasteiger partial charge in [-0.15, -0.1) is 0 Å². The molecule has 3 rings (SSSR count). The monoisotopic (exact) mass is 280 g/mol. The van der Waals surface area contributed by atoms with Gasteiger partial charge < -0.3 is 9.40 Å². The van der Waals surface area contributed by atoms with Crippen LogP contribution in [0.25, 0.3) is 11.6 Å². The number of aromatic nitrogens is 2. The van der Waals surface area contributed by atoms with Crippen LogP contribution in [0.5, 0.6) is 0 Å². The average Bonchev–Trinajstić information content (AvgIpc) is 3.01. The summed E-state index contributed by atoms with van der Waals surface area (Å²) in [5.41, 5.74) is 0.734. The number of aromatic amines is 1. The van der Waals surface area contributed by atoms with Crippen LogP contribution in [0, 0.1) is 0 Å². The molecule has 1 aliphatic carbocycles. The Morgan fingerprint density at radius 3 is 2.94 bits per heavy atom. The Labute approximate surface area is 99.8 Å². The summed E-state index contributed by atoms with van der Waals surface area (Å²) >= 11 is 3.35. The topological polar surface area (TPSA) is 58.9 Å². The summed E-state index contributed by atoms with van der Waals surface area (Å²) < 4.78 is 6.08. The fraction of sp³-hybridized carbons (Fsp3) is 0.273. The highest BCUT2D eigenvalue weighted by Crippen LogP contribution is 2.39. The lowest BCUT2D eigenvalue weighted by Crippen LogP contribution is -2.09. The van der Waals surface area contributed by atoms with E-state index in [2.05, 4.69) is 25.9 Å². The molecule has 1 N–H and O–H groups in total. The molecule has 0 amide bonds. The number of halogens is 1. The zero-order chi connectivity index (χ0) is 11.1. The molecular formula is C11H9BrN2O2. The molecule has 2 aromatic rings. The average molecular weight is 281 g/mol. The van der Waals surface area contributed by atoms with Gasteiger partial charge in [-0.25, -0.2) is 4.98 Å². The van der Waals surface area contributed by atoms with Gasteiger partial charge in [-0.3, -0.25) is 4.79 Å². The molecule has 0 atom stereocenters. The van der Waals surface area contributed by atoms with Crippen LogP contribution in [0.2, 0.25) is 0 Å². The maximum Gasteiger partial charge on any atom is 0.251 e. The number of nitrogens with zero attached hydrogens (tertiary/aromatic N) is 1. The van der Waals surface area contributed by atoms with Crippen molar-refractivity contribution < 1.29 is 4.42 Å². The first-order valence-electron chi connectivity index (χ1n) is 5.08. The Morgan fingerprint density at radius 1 is 1.50 bits per heavy atom. The quantitative estimate of drug-likeness (QED) is 0.920. The third kappa shape index (κ3) is 1.71. The number of furan rings is 1. The molecule has 0 radical (unpaired) electrons. The van der Waals surface area contributed by atoms with Gasteiger partial charge in [0.1, 0.15) is 0 Å². The lowest BCUT2D eigenvalue weighted by Gasteiger charge is -2.00. The van der Waals surface area contributed by atoms with Crippen LogP contribution in [-0.2, 0) is 0 Å². The van der Waals surface area contributed by atoms with E-state index in [9.17, 15) is 4.79 Å². The van der Waals surface area contributed by atoms with Crippen LogP contribution in [0.15, 0.2) is 32.1 Å². The van der Waals surface area contributed by atoms with Gasteiger partial charge in [-0.2, -0.15) is 0 Å². The molecule has 2 aromatic heterocycles. The lowest BCUT2D eigenvalue weighted by molar-refractivity contribution is 0.575. The highest BCUT2D eigenvalue weighted by atomic mass is 79.9. The number of hydrogen-bond donors (Lipinski definition) is 1. The SMILES string of the molecule is O=c1cc(C2CC2)nc(-c2occc2Br)[nH]1. The summed E-state index contributed by atoms with van der Waals surface area (Å²) in [4.78, 5) is 18.6. The van der Waals surface area contributed by atoms with Crippen molar-refractivity contribution in [2.45, 2.75) is 18.8 Å². The van der Waals surface area contributed by atoms with Gasteiger partial charge in [-0.1, -0.05) is 0 Å². The lowest BCUT2D eigenvalue weighted by atomic mass is 10.3. The second kappa shape index (κ2) is 3.59. The van der Waals surface area contributed by atoms with E-state index in [-0.39, 0.29) is 5.56 Å². The maximum atomic E-state index is 11.5. The Bertz CT molecular complexity index is 584. The number of hydrogen-bond acceptors (Lipinski definition) is 3. The van der Waals surface area contributed by atoms with Crippen molar-refractivity contribution in [1.29, 1.82) is 0 Å². The standard InChI is InChI=1S/C11H9BrN2O2/c12-7-3-4-16-10(7)11-13-8(6-1-2-6)5-9(15)14-11/h3-6H,1-2H2,(H,13,14,15). The molecule has 16 heavy (non-hydrogen) atoms. The molecule has 4 nitrogen and oxygen atoms in total. The largest absolute Gasteiger partial charge is 0.460 e. The van der Waals surface area contributed by atoms with Crippen molar-refractivity contribution in [3.63, 3.8) is 0 Å². The van der Waals surface area contributed by atoms with Crippen molar-refractivity contribution in [1.82, 2.24) is 9.97 Å². The molecular weight excluding hydrogens is 272 g/mol. The molecule has 1 aliphatic rings. The van der Waals surface area contributed by atoms with E-state index in [4.69, 9.17) is 4.42 Å². The van der Waals surface area contributed by atoms with Gasteiger partial charge in [0, 0.05) is 12.0 Å². The molecule has 0 bridgehead atoms. The second-order valence-corrected chi connectivity index (χ2v) is 4.75. The Hall–Kier alpha value is -1.36. The fourth-order valence-corrected chi connectivity index (χ4v) is 2.02. The minimum atomic E-state index is -0.129. The third-order valence-electron chi connectivity index (χ3n) is 2.59. The molecule has 0 aromatic carbocycles. The maximum absolute atomic E-state index is 11.5. The van der Waals surface area contributed by atoms with E-state index in [1.165, 1.54) is 0 Å². The van der Waals surface area contributed by atoms with E-state index in [0.29, 0.717) is 17.5 Å². The molecule has 2 heterocycles. The molecule has 5 heteroatoms. The summed E-state index contributed by atoms with van der Waals surface area (Å²) in [7, 11) is 0. The zero-order valence-corrected chi connectivity index (χ0v) is 9.95. The second-order valence-electron chi connectivity index (χ2n) is 3.89. The van der Waals surface area contributed by atoms with Crippen LogP contribution in [0.3, 0.4) is 0 Å². The van der Waals surface area contributed by atoms with Crippen LogP contribution in [0.1, 0.15) is 24.5 Å². The summed E-state index contributed by atoms with van der Waals surface area (Å²) in [6.45, 7) is 0. The minimum absolute atomic E-state index is 0.129.